The second-order valence-electron chi connectivity index (χ2n) is 6.48. The van der Waals surface area contributed by atoms with E-state index >= 15 is 0 Å². The van der Waals surface area contributed by atoms with Gasteiger partial charge in [-0.2, -0.15) is 0 Å². The van der Waals surface area contributed by atoms with E-state index in [1.165, 1.54) is 6.07 Å². The number of aromatic nitrogens is 2. The predicted octanol–water partition coefficient (Wildman–Crippen LogP) is 3.52. The zero-order chi connectivity index (χ0) is 20.6. The Labute approximate surface area is 169 Å². The number of halogens is 1. The minimum Gasteiger partial charge on any atom is -0.496 e. The Morgan fingerprint density at radius 2 is 1.79 bits per heavy atom. The summed E-state index contributed by atoms with van der Waals surface area (Å²) in [4.78, 5) is 21.1. The minimum atomic E-state index is -0.327. The molecule has 0 saturated heterocycles. The molecular formula is C22H23FN4O2. The second kappa shape index (κ2) is 9.64. The highest BCUT2D eigenvalue weighted by Crippen LogP contribution is 2.18. The fraction of sp³-hybridized carbons (Fsp3) is 0.227. The van der Waals surface area contributed by atoms with Crippen LogP contribution in [-0.2, 0) is 13.0 Å². The standard InChI is InChI=1S/C22H23FN4O2/c1-15-13-19(21(28)24-12-11-16-7-3-5-9-18(16)23)27-22(26-15)25-14-17-8-4-6-10-20(17)29-2/h3-10,13H,11-12,14H2,1-2H3,(H,24,28)(H,25,26,27). The molecule has 0 bridgehead atoms. The van der Waals surface area contributed by atoms with Gasteiger partial charge in [0.15, 0.2) is 0 Å². The van der Waals surface area contributed by atoms with E-state index in [4.69, 9.17) is 4.74 Å². The topological polar surface area (TPSA) is 76.1 Å². The van der Waals surface area contributed by atoms with E-state index in [1.54, 1.807) is 38.3 Å². The van der Waals surface area contributed by atoms with Crippen LogP contribution in [0, 0.1) is 12.7 Å². The maximum Gasteiger partial charge on any atom is 0.270 e. The summed E-state index contributed by atoms with van der Waals surface area (Å²) in [7, 11) is 1.62. The first-order valence-corrected chi connectivity index (χ1v) is 9.30. The number of carbonyl (C=O) groups excluding carboxylic acids is 1. The highest BCUT2D eigenvalue weighted by molar-refractivity contribution is 5.92. The van der Waals surface area contributed by atoms with Gasteiger partial charge >= 0.3 is 0 Å². The Balaban J connectivity index is 1.62. The number of anilines is 1. The van der Waals surface area contributed by atoms with E-state index in [9.17, 15) is 9.18 Å². The molecule has 0 radical (unpaired) electrons. The fourth-order valence-corrected chi connectivity index (χ4v) is 2.89. The molecule has 1 amide bonds. The molecule has 3 rings (SSSR count). The summed E-state index contributed by atoms with van der Waals surface area (Å²) in [6, 6.07) is 15.8. The van der Waals surface area contributed by atoms with E-state index in [1.807, 2.05) is 24.3 Å². The summed E-state index contributed by atoms with van der Waals surface area (Å²) >= 11 is 0. The first-order valence-electron chi connectivity index (χ1n) is 9.30. The van der Waals surface area contributed by atoms with Gasteiger partial charge in [-0.05, 0) is 37.1 Å². The van der Waals surface area contributed by atoms with Crippen molar-refractivity contribution in [3.63, 3.8) is 0 Å². The number of aryl methyl sites for hydroxylation is 1. The lowest BCUT2D eigenvalue weighted by molar-refractivity contribution is 0.0949. The molecule has 3 aromatic rings. The van der Waals surface area contributed by atoms with Crippen LogP contribution in [0.5, 0.6) is 5.75 Å². The number of benzene rings is 2. The number of rotatable bonds is 8. The van der Waals surface area contributed by atoms with Gasteiger partial charge in [0.2, 0.25) is 5.95 Å². The highest BCUT2D eigenvalue weighted by atomic mass is 19.1. The third-order valence-corrected chi connectivity index (χ3v) is 4.35. The van der Waals surface area contributed by atoms with Crippen LogP contribution >= 0.6 is 0 Å². The van der Waals surface area contributed by atoms with Crippen LogP contribution in [0.1, 0.15) is 27.3 Å². The molecule has 0 aliphatic rings. The van der Waals surface area contributed by atoms with Gasteiger partial charge in [-0.25, -0.2) is 14.4 Å². The van der Waals surface area contributed by atoms with Crippen molar-refractivity contribution in [2.24, 2.45) is 0 Å². The molecule has 150 valence electrons. The number of carbonyl (C=O) groups is 1. The molecule has 0 saturated carbocycles. The quantitative estimate of drug-likeness (QED) is 0.611. The van der Waals surface area contributed by atoms with Crippen LogP contribution in [0.15, 0.2) is 54.6 Å². The van der Waals surface area contributed by atoms with Crippen molar-refractivity contribution in [2.45, 2.75) is 19.9 Å². The normalized spacial score (nSPS) is 10.4. The summed E-state index contributed by atoms with van der Waals surface area (Å²) < 4.78 is 19.0. The van der Waals surface area contributed by atoms with Crippen molar-refractivity contribution in [1.29, 1.82) is 0 Å². The lowest BCUT2D eigenvalue weighted by atomic mass is 10.1. The van der Waals surface area contributed by atoms with E-state index < -0.39 is 0 Å². The van der Waals surface area contributed by atoms with Crippen molar-refractivity contribution in [1.82, 2.24) is 15.3 Å². The molecular weight excluding hydrogens is 371 g/mol. The summed E-state index contributed by atoms with van der Waals surface area (Å²) in [6.45, 7) is 2.57. The smallest absolute Gasteiger partial charge is 0.270 e. The molecule has 0 aliphatic heterocycles. The molecule has 1 aromatic heterocycles. The monoisotopic (exact) mass is 394 g/mol. The van der Waals surface area contributed by atoms with Gasteiger partial charge in [0, 0.05) is 24.3 Å². The van der Waals surface area contributed by atoms with Gasteiger partial charge < -0.3 is 15.4 Å². The van der Waals surface area contributed by atoms with E-state index in [0.717, 1.165) is 11.3 Å². The molecule has 0 spiro atoms. The van der Waals surface area contributed by atoms with Crippen LogP contribution in [0.2, 0.25) is 0 Å². The SMILES string of the molecule is COc1ccccc1CNc1nc(C)cc(C(=O)NCCc2ccccc2F)n1. The molecule has 29 heavy (non-hydrogen) atoms. The zero-order valence-electron chi connectivity index (χ0n) is 16.4. The molecule has 0 fully saturated rings. The molecule has 0 atom stereocenters. The van der Waals surface area contributed by atoms with Gasteiger partial charge in [0.05, 0.1) is 7.11 Å². The summed E-state index contributed by atoms with van der Waals surface area (Å²) in [6.07, 6.45) is 0.404. The Morgan fingerprint density at radius 3 is 2.55 bits per heavy atom. The second-order valence-corrected chi connectivity index (χ2v) is 6.48. The zero-order valence-corrected chi connectivity index (χ0v) is 16.4. The van der Waals surface area contributed by atoms with Crippen molar-refractivity contribution in [3.8, 4) is 5.75 Å². The number of para-hydroxylation sites is 1. The van der Waals surface area contributed by atoms with Crippen LogP contribution in [0.4, 0.5) is 10.3 Å². The lowest BCUT2D eigenvalue weighted by Gasteiger charge is -2.11. The summed E-state index contributed by atoms with van der Waals surface area (Å²) in [5, 5.41) is 5.91. The first kappa shape index (κ1) is 20.3. The van der Waals surface area contributed by atoms with Crippen molar-refractivity contribution < 1.29 is 13.9 Å². The first-order chi connectivity index (χ1) is 14.1. The number of ether oxygens (including phenoxy) is 1. The van der Waals surface area contributed by atoms with E-state index in [-0.39, 0.29) is 17.4 Å². The Kier molecular flexibility index (Phi) is 6.73. The molecule has 0 unspecified atom stereocenters. The summed E-state index contributed by atoms with van der Waals surface area (Å²) in [5.41, 5.74) is 2.44. The molecule has 7 heteroatoms. The molecule has 0 aliphatic carbocycles. The van der Waals surface area contributed by atoms with Crippen molar-refractivity contribution in [2.75, 3.05) is 19.0 Å². The number of nitrogens with zero attached hydrogens (tertiary/aromatic N) is 2. The van der Waals surface area contributed by atoms with Gasteiger partial charge in [-0.15, -0.1) is 0 Å². The largest absolute Gasteiger partial charge is 0.496 e. The average Bonchev–Trinajstić information content (AvgIpc) is 2.73. The average molecular weight is 394 g/mol. The predicted molar refractivity (Wildman–Crippen MR) is 110 cm³/mol. The third-order valence-electron chi connectivity index (χ3n) is 4.35. The minimum absolute atomic E-state index is 0.258. The van der Waals surface area contributed by atoms with E-state index in [2.05, 4.69) is 20.6 Å². The number of hydrogen-bond acceptors (Lipinski definition) is 5. The Morgan fingerprint density at radius 1 is 1.07 bits per heavy atom. The van der Waals surface area contributed by atoms with Crippen molar-refractivity contribution >= 4 is 11.9 Å². The molecule has 2 N–H and O–H groups in total. The number of methoxy groups -OCH3 is 1. The number of nitrogens with one attached hydrogen (secondary N) is 2. The fourth-order valence-electron chi connectivity index (χ4n) is 2.89. The van der Waals surface area contributed by atoms with Crippen LogP contribution in [0.25, 0.3) is 0 Å². The molecule has 6 nitrogen and oxygen atoms in total. The maximum atomic E-state index is 13.7. The van der Waals surface area contributed by atoms with Gasteiger partial charge in [-0.3, -0.25) is 4.79 Å². The van der Waals surface area contributed by atoms with Crippen LogP contribution in [0.3, 0.4) is 0 Å². The number of hydrogen-bond donors (Lipinski definition) is 2. The van der Waals surface area contributed by atoms with Crippen molar-refractivity contribution in [3.05, 3.63) is 82.9 Å². The van der Waals surface area contributed by atoms with Gasteiger partial charge in [0.1, 0.15) is 17.3 Å². The summed E-state index contributed by atoms with van der Waals surface area (Å²) in [5.74, 6) is 0.517. The van der Waals surface area contributed by atoms with Gasteiger partial charge in [0.25, 0.3) is 5.91 Å². The maximum absolute atomic E-state index is 13.7. The Hall–Kier alpha value is -3.48. The Bertz CT molecular complexity index is 994. The molecule has 1 heterocycles. The van der Waals surface area contributed by atoms with Crippen LogP contribution < -0.4 is 15.4 Å². The third kappa shape index (κ3) is 5.51. The highest BCUT2D eigenvalue weighted by Gasteiger charge is 2.11. The number of amides is 1. The molecule has 2 aromatic carbocycles. The van der Waals surface area contributed by atoms with E-state index in [0.29, 0.717) is 36.7 Å². The van der Waals surface area contributed by atoms with Gasteiger partial charge in [-0.1, -0.05) is 36.4 Å². The van der Waals surface area contributed by atoms with Crippen LogP contribution in [-0.4, -0.2) is 29.5 Å². The lowest BCUT2D eigenvalue weighted by Crippen LogP contribution is -2.27.